The van der Waals surface area contributed by atoms with Gasteiger partial charge in [0.2, 0.25) is 15.9 Å². The van der Waals surface area contributed by atoms with Gasteiger partial charge in [-0.25, -0.2) is 8.42 Å². The zero-order chi connectivity index (χ0) is 21.2. The summed E-state index contributed by atoms with van der Waals surface area (Å²) in [6, 6.07) is 10.9. The predicted molar refractivity (Wildman–Crippen MR) is 108 cm³/mol. The summed E-state index contributed by atoms with van der Waals surface area (Å²) in [6.07, 6.45) is 0.277. The Labute approximate surface area is 169 Å². The minimum Gasteiger partial charge on any atom is -0.340 e. The number of hydrogen-bond acceptors (Lipinski definition) is 5. The van der Waals surface area contributed by atoms with E-state index in [2.05, 4.69) is 0 Å². The first kappa shape index (κ1) is 20.9. The van der Waals surface area contributed by atoms with Gasteiger partial charge in [0.05, 0.1) is 16.2 Å². The van der Waals surface area contributed by atoms with Crippen LogP contribution in [0.5, 0.6) is 0 Å². The molecule has 1 saturated heterocycles. The Morgan fingerprint density at radius 2 is 1.72 bits per heavy atom. The number of sulfonamides is 1. The number of nitro benzene ring substituents is 1. The molecule has 3 rings (SSSR count). The molecular weight excluding hydrogens is 394 g/mol. The maximum absolute atomic E-state index is 12.8. The number of nitro groups is 1. The number of piperazine rings is 1. The van der Waals surface area contributed by atoms with Crippen LogP contribution in [-0.2, 0) is 21.2 Å². The molecule has 0 radical (unpaired) electrons. The molecule has 29 heavy (non-hydrogen) atoms. The summed E-state index contributed by atoms with van der Waals surface area (Å²) in [5.41, 5.74) is 2.96. The van der Waals surface area contributed by atoms with Gasteiger partial charge in [-0.1, -0.05) is 24.3 Å². The van der Waals surface area contributed by atoms with Crippen LogP contribution in [0, 0.1) is 24.0 Å². The summed E-state index contributed by atoms with van der Waals surface area (Å²) >= 11 is 0. The number of amides is 1. The van der Waals surface area contributed by atoms with Gasteiger partial charge in [-0.05, 0) is 36.6 Å². The third kappa shape index (κ3) is 4.63. The van der Waals surface area contributed by atoms with E-state index in [1.807, 2.05) is 32.0 Å². The molecule has 8 nitrogen and oxygen atoms in total. The Balaban J connectivity index is 1.65. The fourth-order valence-electron chi connectivity index (χ4n) is 3.28. The van der Waals surface area contributed by atoms with Crippen molar-refractivity contribution in [2.24, 2.45) is 0 Å². The Bertz CT molecular complexity index is 1040. The minimum atomic E-state index is -3.85. The number of nitrogens with zero attached hydrogens (tertiary/aromatic N) is 3. The number of non-ortho nitro benzene ring substituents is 1. The largest absolute Gasteiger partial charge is 0.340 e. The van der Waals surface area contributed by atoms with Gasteiger partial charge in [0.25, 0.3) is 5.69 Å². The van der Waals surface area contributed by atoms with Crippen LogP contribution in [0.15, 0.2) is 47.4 Å². The lowest BCUT2D eigenvalue weighted by molar-refractivity contribution is -0.385. The van der Waals surface area contributed by atoms with Crippen LogP contribution in [-0.4, -0.2) is 54.6 Å². The van der Waals surface area contributed by atoms with Crippen LogP contribution in [0.25, 0.3) is 0 Å². The van der Waals surface area contributed by atoms with E-state index in [9.17, 15) is 23.3 Å². The van der Waals surface area contributed by atoms with Crippen LogP contribution in [0.2, 0.25) is 0 Å². The predicted octanol–water partition coefficient (Wildman–Crippen LogP) is 2.29. The van der Waals surface area contributed by atoms with Crippen LogP contribution >= 0.6 is 0 Å². The Morgan fingerprint density at radius 1 is 1.03 bits per heavy atom. The topological polar surface area (TPSA) is 101 Å². The minimum absolute atomic E-state index is 0.0411. The molecule has 9 heteroatoms. The highest BCUT2D eigenvalue weighted by Gasteiger charge is 2.30. The summed E-state index contributed by atoms with van der Waals surface area (Å²) in [5, 5.41) is 10.9. The molecule has 1 fully saturated rings. The van der Waals surface area contributed by atoms with E-state index in [-0.39, 0.29) is 49.1 Å². The second-order valence-electron chi connectivity index (χ2n) is 7.13. The van der Waals surface area contributed by atoms with E-state index in [1.165, 1.54) is 28.1 Å². The Kier molecular flexibility index (Phi) is 5.99. The summed E-state index contributed by atoms with van der Waals surface area (Å²) in [7, 11) is -3.85. The van der Waals surface area contributed by atoms with E-state index in [0.717, 1.165) is 17.2 Å². The molecule has 0 unspecified atom stereocenters. The molecule has 1 aliphatic heterocycles. The summed E-state index contributed by atoms with van der Waals surface area (Å²) in [4.78, 5) is 24.4. The summed E-state index contributed by atoms with van der Waals surface area (Å²) in [6.45, 7) is 4.91. The fraction of sp³-hybridized carbons (Fsp3) is 0.350. The second-order valence-corrected chi connectivity index (χ2v) is 9.07. The van der Waals surface area contributed by atoms with Crippen LogP contribution in [0.1, 0.15) is 16.7 Å². The van der Waals surface area contributed by atoms with Gasteiger partial charge in [0.15, 0.2) is 0 Å². The van der Waals surface area contributed by atoms with E-state index in [1.54, 1.807) is 4.90 Å². The van der Waals surface area contributed by atoms with E-state index < -0.39 is 14.9 Å². The molecule has 2 aromatic carbocycles. The van der Waals surface area contributed by atoms with Crippen molar-refractivity contribution in [3.8, 4) is 0 Å². The molecule has 0 aliphatic carbocycles. The maximum atomic E-state index is 12.8. The molecule has 0 bridgehead atoms. The quantitative estimate of drug-likeness (QED) is 0.549. The first-order valence-corrected chi connectivity index (χ1v) is 10.7. The Hall–Kier alpha value is -2.78. The highest BCUT2D eigenvalue weighted by molar-refractivity contribution is 7.89. The van der Waals surface area contributed by atoms with Crippen LogP contribution in [0.4, 0.5) is 5.69 Å². The van der Waals surface area contributed by atoms with Gasteiger partial charge in [-0.2, -0.15) is 4.31 Å². The average Bonchev–Trinajstić information content (AvgIpc) is 2.71. The number of rotatable bonds is 5. The molecular formula is C20H23N3O5S. The zero-order valence-electron chi connectivity index (χ0n) is 16.4. The third-order valence-corrected chi connectivity index (χ3v) is 7.08. The number of carbonyl (C=O) groups is 1. The van der Waals surface area contributed by atoms with Crippen LogP contribution < -0.4 is 0 Å². The lowest BCUT2D eigenvalue weighted by Crippen LogP contribution is -2.50. The molecule has 154 valence electrons. The van der Waals surface area contributed by atoms with Crippen molar-refractivity contribution in [1.82, 2.24) is 9.21 Å². The zero-order valence-corrected chi connectivity index (χ0v) is 17.2. The van der Waals surface area contributed by atoms with E-state index in [4.69, 9.17) is 0 Å². The molecule has 0 atom stereocenters. The van der Waals surface area contributed by atoms with Gasteiger partial charge in [0.1, 0.15) is 0 Å². The SMILES string of the molecule is Cc1ccc(CC(=O)N2CCN(S(=O)(=O)c3cccc([N+](=O)[O-])c3)CC2)cc1C. The molecule has 0 aromatic heterocycles. The highest BCUT2D eigenvalue weighted by Crippen LogP contribution is 2.22. The smallest absolute Gasteiger partial charge is 0.270 e. The lowest BCUT2D eigenvalue weighted by Gasteiger charge is -2.34. The van der Waals surface area contributed by atoms with Crippen molar-refractivity contribution < 1.29 is 18.1 Å². The van der Waals surface area contributed by atoms with Crippen molar-refractivity contribution in [3.63, 3.8) is 0 Å². The average molecular weight is 417 g/mol. The maximum Gasteiger partial charge on any atom is 0.270 e. The standard InChI is InChI=1S/C20H23N3O5S/c1-15-6-7-17(12-16(15)2)13-20(24)21-8-10-22(11-9-21)29(27,28)19-5-3-4-18(14-19)23(25)26/h3-7,12,14H,8-11,13H2,1-2H3. The number of aryl methyl sites for hydroxylation is 2. The van der Waals surface area contributed by atoms with Crippen molar-refractivity contribution in [2.45, 2.75) is 25.2 Å². The number of carbonyl (C=O) groups excluding carboxylic acids is 1. The number of benzene rings is 2. The fourth-order valence-corrected chi connectivity index (χ4v) is 4.75. The summed E-state index contributed by atoms with van der Waals surface area (Å²) < 4.78 is 26.9. The first-order valence-electron chi connectivity index (χ1n) is 9.27. The van der Waals surface area contributed by atoms with Gasteiger partial charge in [-0.15, -0.1) is 0 Å². The van der Waals surface area contributed by atoms with Gasteiger partial charge in [0, 0.05) is 38.3 Å². The molecule has 1 aliphatic rings. The lowest BCUT2D eigenvalue weighted by atomic mass is 10.0. The van der Waals surface area contributed by atoms with Crippen molar-refractivity contribution in [1.29, 1.82) is 0 Å². The third-order valence-electron chi connectivity index (χ3n) is 5.18. The van der Waals surface area contributed by atoms with E-state index in [0.29, 0.717) is 0 Å². The molecule has 1 amide bonds. The van der Waals surface area contributed by atoms with E-state index >= 15 is 0 Å². The van der Waals surface area contributed by atoms with Crippen molar-refractivity contribution in [2.75, 3.05) is 26.2 Å². The van der Waals surface area contributed by atoms with Crippen molar-refractivity contribution >= 4 is 21.6 Å². The highest BCUT2D eigenvalue weighted by atomic mass is 32.2. The second kappa shape index (κ2) is 8.30. The number of hydrogen-bond donors (Lipinski definition) is 0. The first-order chi connectivity index (χ1) is 13.7. The molecule has 2 aromatic rings. The summed E-state index contributed by atoms with van der Waals surface area (Å²) in [5.74, 6) is -0.0411. The van der Waals surface area contributed by atoms with Crippen molar-refractivity contribution in [3.05, 3.63) is 69.3 Å². The molecule has 0 saturated carbocycles. The van der Waals surface area contributed by atoms with Crippen LogP contribution in [0.3, 0.4) is 0 Å². The van der Waals surface area contributed by atoms with Gasteiger partial charge in [-0.3, -0.25) is 14.9 Å². The molecule has 1 heterocycles. The molecule has 0 spiro atoms. The normalized spacial score (nSPS) is 15.3. The monoisotopic (exact) mass is 417 g/mol. The van der Waals surface area contributed by atoms with Gasteiger partial charge < -0.3 is 4.90 Å². The molecule has 0 N–H and O–H groups in total. The van der Waals surface area contributed by atoms with Gasteiger partial charge >= 0.3 is 0 Å². The Morgan fingerprint density at radius 3 is 2.34 bits per heavy atom.